The lowest BCUT2D eigenvalue weighted by atomic mass is 9.95. The molecule has 1 aromatic heterocycles. The average Bonchev–Trinajstić information content (AvgIpc) is 3.25. The van der Waals surface area contributed by atoms with Gasteiger partial charge in [-0.3, -0.25) is 15.2 Å². The molecule has 0 spiro atoms. The van der Waals surface area contributed by atoms with Crippen LogP contribution in [0.4, 0.5) is 5.69 Å². The van der Waals surface area contributed by atoms with Gasteiger partial charge in [-0.05, 0) is 53.0 Å². The molecule has 0 aliphatic carbocycles. The highest BCUT2D eigenvalue weighted by atomic mass is 79.9. The van der Waals surface area contributed by atoms with Gasteiger partial charge in [-0.1, -0.05) is 36.5 Å². The van der Waals surface area contributed by atoms with Crippen molar-refractivity contribution in [2.24, 2.45) is 11.0 Å². The number of carbonyl (C=O) groups is 1. The van der Waals surface area contributed by atoms with E-state index in [1.807, 2.05) is 28.4 Å². The number of nitrogens with zero attached hydrogens (tertiary/aromatic N) is 3. The first-order valence-corrected chi connectivity index (χ1v) is 12.0. The summed E-state index contributed by atoms with van der Waals surface area (Å²) in [6, 6.07) is 7.29. The number of thiophene rings is 1. The maximum Gasteiger partial charge on any atom is 0.282 e. The topological polar surface area (TPSA) is 47.9 Å². The van der Waals surface area contributed by atoms with E-state index < -0.39 is 0 Å². The number of rotatable bonds is 4. The Labute approximate surface area is 192 Å². The van der Waals surface area contributed by atoms with Crippen molar-refractivity contribution in [3.63, 3.8) is 0 Å². The quantitative estimate of drug-likeness (QED) is 0.552. The van der Waals surface area contributed by atoms with Crippen LogP contribution in [0.5, 0.6) is 0 Å². The zero-order chi connectivity index (χ0) is 20.5. The van der Waals surface area contributed by atoms with Gasteiger partial charge in [0.2, 0.25) is 0 Å². The number of hydrazine groups is 1. The second-order valence-corrected chi connectivity index (χ2v) is 10.0. The summed E-state index contributed by atoms with van der Waals surface area (Å²) in [5.74, 6) is -0.246. The van der Waals surface area contributed by atoms with Crippen molar-refractivity contribution in [1.82, 2.24) is 10.4 Å². The monoisotopic (exact) mass is 514 g/mol. The van der Waals surface area contributed by atoms with Crippen molar-refractivity contribution in [3.8, 4) is 0 Å². The van der Waals surface area contributed by atoms with Crippen LogP contribution >= 0.6 is 50.5 Å². The van der Waals surface area contributed by atoms with Gasteiger partial charge in [0.05, 0.1) is 16.8 Å². The minimum atomic E-state index is -0.146. The number of nitrogens with one attached hydrogen (secondary N) is 1. The van der Waals surface area contributed by atoms with E-state index in [9.17, 15) is 4.79 Å². The lowest BCUT2D eigenvalue weighted by molar-refractivity contribution is -0.120. The maximum atomic E-state index is 13.1. The van der Waals surface area contributed by atoms with Crippen molar-refractivity contribution in [3.05, 3.63) is 49.0 Å². The van der Waals surface area contributed by atoms with Gasteiger partial charge in [0.25, 0.3) is 5.91 Å². The number of hydrogen-bond acceptors (Lipinski definition) is 5. The fourth-order valence-corrected chi connectivity index (χ4v) is 5.94. The molecule has 1 amide bonds. The van der Waals surface area contributed by atoms with Gasteiger partial charge in [0.1, 0.15) is 5.71 Å². The smallest absolute Gasteiger partial charge is 0.282 e. The van der Waals surface area contributed by atoms with Gasteiger partial charge < -0.3 is 0 Å². The Morgan fingerprint density at radius 3 is 2.66 bits per heavy atom. The van der Waals surface area contributed by atoms with Crippen molar-refractivity contribution < 1.29 is 4.79 Å². The third-order valence-corrected chi connectivity index (χ3v) is 7.57. The molecule has 1 aromatic carbocycles. The zero-order valence-corrected chi connectivity index (χ0v) is 19.8. The van der Waals surface area contributed by atoms with Crippen LogP contribution in [-0.4, -0.2) is 29.7 Å². The number of amides is 1. The summed E-state index contributed by atoms with van der Waals surface area (Å²) in [6.07, 6.45) is 3.41. The highest BCUT2D eigenvalue weighted by molar-refractivity contribution is 9.10. The number of carbonyl (C=O) groups excluding carboxylic acids is 1. The van der Waals surface area contributed by atoms with E-state index in [4.69, 9.17) is 28.3 Å². The van der Waals surface area contributed by atoms with Crippen molar-refractivity contribution in [1.29, 1.82) is 0 Å². The summed E-state index contributed by atoms with van der Waals surface area (Å²) in [4.78, 5) is 14.2. The Morgan fingerprint density at radius 1 is 1.24 bits per heavy atom. The van der Waals surface area contributed by atoms with Gasteiger partial charge in [-0.2, -0.15) is 5.10 Å². The van der Waals surface area contributed by atoms with E-state index in [2.05, 4.69) is 27.4 Å². The molecular weight excluding hydrogens is 495 g/mol. The Kier molecular flexibility index (Phi) is 6.51. The molecule has 2 aromatic rings. The second-order valence-electron chi connectivity index (χ2n) is 7.31. The van der Waals surface area contributed by atoms with E-state index >= 15 is 0 Å². The molecule has 29 heavy (non-hydrogen) atoms. The molecule has 0 bridgehead atoms. The Morgan fingerprint density at radius 2 is 2.00 bits per heavy atom. The molecule has 5 nitrogen and oxygen atoms in total. The minimum absolute atomic E-state index is 0.0999. The van der Waals surface area contributed by atoms with Crippen molar-refractivity contribution in [2.45, 2.75) is 32.2 Å². The first-order valence-electron chi connectivity index (χ1n) is 9.56. The molecule has 2 aliphatic heterocycles. The molecule has 2 aliphatic rings. The van der Waals surface area contributed by atoms with E-state index in [0.29, 0.717) is 15.8 Å². The largest absolute Gasteiger partial charge is 0.284 e. The summed E-state index contributed by atoms with van der Waals surface area (Å²) in [6.45, 7) is 3.79. The lowest BCUT2D eigenvalue weighted by Crippen LogP contribution is -2.48. The molecule has 4 rings (SSSR count). The molecule has 0 radical (unpaired) electrons. The van der Waals surface area contributed by atoms with E-state index in [-0.39, 0.29) is 17.9 Å². The van der Waals surface area contributed by atoms with Crippen LogP contribution < -0.4 is 10.4 Å². The molecule has 1 N–H and O–H groups in total. The second kappa shape index (κ2) is 8.94. The number of piperidine rings is 1. The van der Waals surface area contributed by atoms with Gasteiger partial charge >= 0.3 is 0 Å². The fraction of sp³-hybridized carbons (Fsp3) is 0.400. The van der Waals surface area contributed by atoms with Gasteiger partial charge in [-0.25, -0.2) is 5.01 Å². The molecule has 9 heteroatoms. The van der Waals surface area contributed by atoms with Crippen LogP contribution in [0.15, 0.2) is 39.2 Å². The van der Waals surface area contributed by atoms with Crippen molar-refractivity contribution >= 4 is 67.8 Å². The molecule has 3 heterocycles. The third-order valence-electron chi connectivity index (χ3n) is 5.27. The summed E-state index contributed by atoms with van der Waals surface area (Å²) in [5, 5.41) is 11.7. The molecular formula is C20H21BrCl2N4OS. The molecule has 0 saturated carbocycles. The summed E-state index contributed by atoms with van der Waals surface area (Å²) >= 11 is 17.7. The predicted octanol–water partition coefficient (Wildman–Crippen LogP) is 5.89. The fourth-order valence-electron chi connectivity index (χ4n) is 3.81. The number of benzene rings is 1. The SMILES string of the molecule is C[C@@H]1C(C(=O)NN2CCCCC2)=NN(c2ccc(Cl)cc2Cl)[C@H]1c1cc(Br)cs1. The zero-order valence-electron chi connectivity index (χ0n) is 15.9. The first kappa shape index (κ1) is 21.1. The van der Waals surface area contributed by atoms with E-state index in [0.717, 1.165) is 41.0 Å². The van der Waals surface area contributed by atoms with Crippen LogP contribution in [-0.2, 0) is 4.79 Å². The van der Waals surface area contributed by atoms with Gasteiger partial charge in [0, 0.05) is 38.8 Å². The van der Waals surface area contributed by atoms with Crippen LogP contribution in [0.3, 0.4) is 0 Å². The van der Waals surface area contributed by atoms with Crippen LogP contribution in [0.1, 0.15) is 37.1 Å². The van der Waals surface area contributed by atoms with E-state index in [1.54, 1.807) is 23.5 Å². The number of hydrogen-bond donors (Lipinski definition) is 1. The van der Waals surface area contributed by atoms with Gasteiger partial charge in [0.15, 0.2) is 0 Å². The highest BCUT2D eigenvalue weighted by Gasteiger charge is 2.41. The minimum Gasteiger partial charge on any atom is -0.284 e. The third kappa shape index (κ3) is 4.49. The molecule has 1 saturated heterocycles. The van der Waals surface area contributed by atoms with Gasteiger partial charge in [-0.15, -0.1) is 11.3 Å². The Bertz CT molecular complexity index is 944. The highest BCUT2D eigenvalue weighted by Crippen LogP contribution is 2.44. The van der Waals surface area contributed by atoms with E-state index in [1.165, 1.54) is 6.42 Å². The van der Waals surface area contributed by atoms with Crippen LogP contribution in [0.2, 0.25) is 10.0 Å². The number of hydrazone groups is 1. The molecule has 0 unspecified atom stereocenters. The summed E-state index contributed by atoms with van der Waals surface area (Å²) in [7, 11) is 0. The van der Waals surface area contributed by atoms with Crippen LogP contribution in [0.25, 0.3) is 0 Å². The lowest BCUT2D eigenvalue weighted by Gasteiger charge is -2.27. The standard InChI is InChI=1S/C20H21BrCl2N4OS/c1-12-18(20(28)25-26-7-3-2-4-8-26)24-27(16-6-5-14(22)10-15(16)23)19(12)17-9-13(21)11-29-17/h5-6,9-12,19H,2-4,7-8H2,1H3,(H,25,28)/t12-,19-/m1/s1. The number of halogens is 3. The Hall–Kier alpha value is -1.12. The van der Waals surface area contributed by atoms with Crippen LogP contribution in [0, 0.1) is 5.92 Å². The molecule has 2 atom stereocenters. The predicted molar refractivity (Wildman–Crippen MR) is 124 cm³/mol. The first-order chi connectivity index (χ1) is 13.9. The summed E-state index contributed by atoms with van der Waals surface area (Å²) < 4.78 is 1.01. The molecule has 154 valence electrons. The maximum absolute atomic E-state index is 13.1. The molecule has 1 fully saturated rings. The normalized spacial score (nSPS) is 22.6. The summed E-state index contributed by atoms with van der Waals surface area (Å²) in [5.41, 5.74) is 4.29. The van der Waals surface area contributed by atoms with Crippen molar-refractivity contribution in [2.75, 3.05) is 18.1 Å². The Balaban J connectivity index is 1.67. The average molecular weight is 516 g/mol. The number of anilines is 1.